The van der Waals surface area contributed by atoms with Gasteiger partial charge in [-0.3, -0.25) is 9.80 Å². The summed E-state index contributed by atoms with van der Waals surface area (Å²) in [7, 11) is 2.94. The number of hydrogen-bond acceptors (Lipinski definition) is 8. The summed E-state index contributed by atoms with van der Waals surface area (Å²) in [5.74, 6) is 1.80. The van der Waals surface area contributed by atoms with Gasteiger partial charge in [0.2, 0.25) is 6.79 Å². The number of piperazine rings is 1. The Morgan fingerprint density at radius 2 is 1.67 bits per heavy atom. The molecule has 10 heteroatoms. The van der Waals surface area contributed by atoms with Crippen LogP contribution in [0.25, 0.3) is 0 Å². The number of hydrogen-bond donors (Lipinski definition) is 2. The van der Waals surface area contributed by atoms with Crippen molar-refractivity contribution in [3.8, 4) is 17.2 Å². The van der Waals surface area contributed by atoms with Crippen LogP contribution in [0, 0.1) is 0 Å². The summed E-state index contributed by atoms with van der Waals surface area (Å²) in [5.41, 5.74) is 2.93. The quantitative estimate of drug-likeness (QED) is 0.564. The van der Waals surface area contributed by atoms with E-state index in [2.05, 4.69) is 26.5 Å². The van der Waals surface area contributed by atoms with E-state index in [1.165, 1.54) is 12.7 Å². The zero-order valence-electron chi connectivity index (χ0n) is 20.4. The van der Waals surface area contributed by atoms with Gasteiger partial charge in [-0.2, -0.15) is 0 Å². The Hall–Kier alpha value is -3.76. The molecule has 3 heterocycles. The summed E-state index contributed by atoms with van der Waals surface area (Å²) in [6.45, 7) is 4.88. The molecule has 2 N–H and O–H groups in total. The normalized spacial score (nSPS) is 20.1. The fourth-order valence-corrected chi connectivity index (χ4v) is 4.77. The number of methoxy groups -OCH3 is 2. The molecule has 3 aliphatic heterocycles. The molecule has 2 aromatic rings. The Labute approximate surface area is 209 Å². The number of benzene rings is 2. The maximum atomic E-state index is 12.8. The largest absolute Gasteiger partial charge is 0.497 e. The predicted molar refractivity (Wildman–Crippen MR) is 131 cm³/mol. The van der Waals surface area contributed by atoms with Gasteiger partial charge in [-0.05, 0) is 35.4 Å². The molecule has 0 bridgehead atoms. The summed E-state index contributed by atoms with van der Waals surface area (Å²) >= 11 is 0. The van der Waals surface area contributed by atoms with E-state index in [1.807, 2.05) is 24.3 Å². The zero-order chi connectivity index (χ0) is 25.1. The minimum atomic E-state index is -0.612. The standard InChI is InChI=1S/C26H30N4O6/c1-33-19-6-4-18(5-7-19)24-23(25(31)34-2)20(27-26(32)28-24)15-30-11-9-29(10-12-30)14-17-3-8-21-22(13-17)36-16-35-21/h3-8,13,24H,9-12,14-16H2,1-2H3,(H2,27,28,32). The second kappa shape index (κ2) is 10.5. The molecule has 1 saturated heterocycles. The number of carbonyl (C=O) groups is 2. The Balaban J connectivity index is 1.27. The number of esters is 1. The number of amides is 2. The van der Waals surface area contributed by atoms with Crippen LogP contribution in [0.15, 0.2) is 53.7 Å². The van der Waals surface area contributed by atoms with Crippen molar-refractivity contribution < 1.29 is 28.5 Å². The molecule has 1 fully saturated rings. The van der Waals surface area contributed by atoms with Crippen LogP contribution in [0.1, 0.15) is 17.2 Å². The fraction of sp³-hybridized carbons (Fsp3) is 0.385. The number of fused-ring (bicyclic) bond motifs is 1. The molecule has 0 saturated carbocycles. The van der Waals surface area contributed by atoms with Crippen LogP contribution in [0.2, 0.25) is 0 Å². The smallest absolute Gasteiger partial charge is 0.338 e. The van der Waals surface area contributed by atoms with Crippen LogP contribution in [0.4, 0.5) is 4.79 Å². The van der Waals surface area contributed by atoms with Crippen molar-refractivity contribution in [1.82, 2.24) is 20.4 Å². The van der Waals surface area contributed by atoms with Crippen LogP contribution < -0.4 is 24.8 Å². The molecule has 2 amide bonds. The number of nitrogens with one attached hydrogen (secondary N) is 2. The van der Waals surface area contributed by atoms with E-state index in [1.54, 1.807) is 19.2 Å². The summed E-state index contributed by atoms with van der Waals surface area (Å²) in [5, 5.41) is 5.71. The minimum absolute atomic E-state index is 0.270. The molecule has 36 heavy (non-hydrogen) atoms. The van der Waals surface area contributed by atoms with Crippen molar-refractivity contribution in [2.45, 2.75) is 12.6 Å². The van der Waals surface area contributed by atoms with Gasteiger partial charge in [0.15, 0.2) is 11.5 Å². The van der Waals surface area contributed by atoms with Crippen LogP contribution in [0.3, 0.4) is 0 Å². The van der Waals surface area contributed by atoms with Gasteiger partial charge in [0.1, 0.15) is 5.75 Å². The number of nitrogens with zero attached hydrogens (tertiary/aromatic N) is 2. The van der Waals surface area contributed by atoms with Gasteiger partial charge in [0, 0.05) is 45.0 Å². The van der Waals surface area contributed by atoms with Gasteiger partial charge in [-0.15, -0.1) is 0 Å². The van der Waals surface area contributed by atoms with Crippen molar-refractivity contribution in [3.63, 3.8) is 0 Å². The van der Waals surface area contributed by atoms with E-state index in [-0.39, 0.29) is 12.8 Å². The van der Waals surface area contributed by atoms with Gasteiger partial charge in [0.05, 0.1) is 25.8 Å². The number of rotatable bonds is 7. The summed E-state index contributed by atoms with van der Waals surface area (Å²) < 4.78 is 21.2. The minimum Gasteiger partial charge on any atom is -0.497 e. The molecule has 2 aromatic carbocycles. The highest BCUT2D eigenvalue weighted by Gasteiger charge is 2.34. The second-order valence-corrected chi connectivity index (χ2v) is 8.93. The maximum Gasteiger partial charge on any atom is 0.338 e. The average Bonchev–Trinajstić information content (AvgIpc) is 3.37. The van der Waals surface area contributed by atoms with Gasteiger partial charge in [-0.1, -0.05) is 18.2 Å². The van der Waals surface area contributed by atoms with E-state index < -0.39 is 12.0 Å². The number of urea groups is 1. The zero-order valence-corrected chi connectivity index (χ0v) is 20.4. The number of ether oxygens (including phenoxy) is 4. The lowest BCUT2D eigenvalue weighted by Gasteiger charge is -2.37. The van der Waals surface area contributed by atoms with E-state index in [0.29, 0.717) is 23.6 Å². The first-order valence-electron chi connectivity index (χ1n) is 11.9. The summed E-state index contributed by atoms with van der Waals surface area (Å²) in [6, 6.07) is 12.4. The first-order chi connectivity index (χ1) is 17.5. The average molecular weight is 495 g/mol. The second-order valence-electron chi connectivity index (χ2n) is 8.93. The van der Waals surface area contributed by atoms with E-state index in [9.17, 15) is 9.59 Å². The van der Waals surface area contributed by atoms with Crippen LogP contribution >= 0.6 is 0 Å². The third kappa shape index (κ3) is 5.09. The molecular weight excluding hydrogens is 464 g/mol. The van der Waals surface area contributed by atoms with E-state index in [0.717, 1.165) is 49.8 Å². The van der Waals surface area contributed by atoms with Gasteiger partial charge in [-0.25, -0.2) is 9.59 Å². The van der Waals surface area contributed by atoms with Gasteiger partial charge >= 0.3 is 12.0 Å². The first kappa shape index (κ1) is 24.0. The van der Waals surface area contributed by atoms with Crippen LogP contribution in [-0.2, 0) is 16.1 Å². The van der Waals surface area contributed by atoms with Crippen molar-refractivity contribution in [3.05, 3.63) is 64.9 Å². The molecule has 0 aromatic heterocycles. The molecule has 10 nitrogen and oxygen atoms in total. The van der Waals surface area contributed by atoms with Crippen LogP contribution in [-0.4, -0.2) is 75.5 Å². The van der Waals surface area contributed by atoms with Crippen molar-refractivity contribution in [1.29, 1.82) is 0 Å². The lowest BCUT2D eigenvalue weighted by Crippen LogP contribution is -2.51. The highest BCUT2D eigenvalue weighted by atomic mass is 16.7. The Morgan fingerprint density at radius 3 is 2.36 bits per heavy atom. The highest BCUT2D eigenvalue weighted by Crippen LogP contribution is 2.33. The Kier molecular flexibility index (Phi) is 6.97. The lowest BCUT2D eigenvalue weighted by molar-refractivity contribution is -0.136. The monoisotopic (exact) mass is 494 g/mol. The third-order valence-electron chi connectivity index (χ3n) is 6.70. The van der Waals surface area contributed by atoms with Crippen molar-refractivity contribution in [2.75, 3.05) is 53.7 Å². The van der Waals surface area contributed by atoms with E-state index in [4.69, 9.17) is 18.9 Å². The highest BCUT2D eigenvalue weighted by molar-refractivity contribution is 5.95. The number of carbonyl (C=O) groups excluding carboxylic acids is 2. The molecule has 1 unspecified atom stereocenters. The van der Waals surface area contributed by atoms with Gasteiger partial charge in [0.25, 0.3) is 0 Å². The predicted octanol–water partition coefficient (Wildman–Crippen LogP) is 2.02. The van der Waals surface area contributed by atoms with Gasteiger partial charge < -0.3 is 29.6 Å². The van der Waals surface area contributed by atoms with Crippen molar-refractivity contribution >= 4 is 12.0 Å². The third-order valence-corrected chi connectivity index (χ3v) is 6.70. The molecule has 0 radical (unpaired) electrons. The Morgan fingerprint density at radius 1 is 0.972 bits per heavy atom. The summed E-state index contributed by atoms with van der Waals surface area (Å²) in [4.78, 5) is 30.0. The molecule has 3 aliphatic rings. The van der Waals surface area contributed by atoms with Crippen LogP contribution in [0.5, 0.6) is 17.2 Å². The summed E-state index contributed by atoms with van der Waals surface area (Å²) in [6.07, 6.45) is 0. The molecule has 5 rings (SSSR count). The first-order valence-corrected chi connectivity index (χ1v) is 11.9. The lowest BCUT2D eigenvalue weighted by atomic mass is 9.95. The molecular formula is C26H30N4O6. The fourth-order valence-electron chi connectivity index (χ4n) is 4.77. The van der Waals surface area contributed by atoms with E-state index >= 15 is 0 Å². The molecule has 0 spiro atoms. The Bertz CT molecular complexity index is 1160. The molecule has 1 atom stereocenters. The molecule has 0 aliphatic carbocycles. The van der Waals surface area contributed by atoms with Crippen molar-refractivity contribution in [2.24, 2.45) is 0 Å². The molecule has 190 valence electrons. The topological polar surface area (TPSA) is 102 Å². The SMILES string of the molecule is COC(=O)C1=C(CN2CCN(Cc3ccc4c(c3)OCO4)CC2)NC(=O)NC1c1ccc(OC)cc1. The maximum absolute atomic E-state index is 12.8.